The topological polar surface area (TPSA) is 92.6 Å². The van der Waals surface area contributed by atoms with Crippen molar-refractivity contribution in [3.05, 3.63) is 57.1 Å². The normalized spacial score (nSPS) is 17.9. The molecule has 0 fully saturated rings. The standard InChI is InChI=1S/C18H14ClN3O4S/c19-11-2-4-15-13(7-11)20-18(24)16(27-15)9-17(23)21-6-5-10-1-3-12(22(25)26)8-14(10)21/h1-4,7-8,16H,5-6,9H2,(H,20,24). The first-order chi connectivity index (χ1) is 12.9. The Kier molecular flexibility index (Phi) is 4.53. The highest BCUT2D eigenvalue weighted by Gasteiger charge is 2.33. The van der Waals surface area contributed by atoms with E-state index in [-0.39, 0.29) is 23.9 Å². The van der Waals surface area contributed by atoms with E-state index in [0.717, 1.165) is 10.5 Å². The number of benzene rings is 2. The smallest absolute Gasteiger partial charge is 0.271 e. The molecule has 2 aromatic carbocycles. The van der Waals surface area contributed by atoms with E-state index in [1.165, 1.54) is 28.8 Å². The fraction of sp³-hybridized carbons (Fsp3) is 0.222. The number of nitro groups is 1. The Hall–Kier alpha value is -2.58. The van der Waals surface area contributed by atoms with Gasteiger partial charge in [-0.15, -0.1) is 11.8 Å². The highest BCUT2D eigenvalue weighted by atomic mass is 35.5. The molecule has 1 atom stereocenters. The molecule has 2 amide bonds. The van der Waals surface area contributed by atoms with Gasteiger partial charge in [-0.3, -0.25) is 19.7 Å². The number of carbonyl (C=O) groups is 2. The number of amides is 2. The van der Waals surface area contributed by atoms with Crippen LogP contribution in [0.5, 0.6) is 0 Å². The number of thioether (sulfide) groups is 1. The van der Waals surface area contributed by atoms with Crippen LogP contribution in [0.4, 0.5) is 17.1 Å². The van der Waals surface area contributed by atoms with E-state index in [1.807, 2.05) is 6.07 Å². The Bertz CT molecular complexity index is 981. The quantitative estimate of drug-likeness (QED) is 0.623. The van der Waals surface area contributed by atoms with Crippen LogP contribution in [-0.2, 0) is 16.0 Å². The maximum atomic E-state index is 12.8. The lowest BCUT2D eigenvalue weighted by atomic mass is 10.1. The number of anilines is 2. The Labute approximate surface area is 163 Å². The molecule has 9 heteroatoms. The largest absolute Gasteiger partial charge is 0.324 e. The molecule has 2 aromatic rings. The molecule has 0 aliphatic carbocycles. The lowest BCUT2D eigenvalue weighted by Crippen LogP contribution is -2.36. The minimum Gasteiger partial charge on any atom is -0.324 e. The molecule has 0 spiro atoms. The van der Waals surface area contributed by atoms with Crippen molar-refractivity contribution >= 4 is 52.2 Å². The lowest BCUT2D eigenvalue weighted by molar-refractivity contribution is -0.384. The average molecular weight is 404 g/mol. The summed E-state index contributed by atoms with van der Waals surface area (Å²) in [5, 5.41) is 13.8. The van der Waals surface area contributed by atoms with Gasteiger partial charge >= 0.3 is 0 Å². The van der Waals surface area contributed by atoms with Crippen molar-refractivity contribution in [2.75, 3.05) is 16.8 Å². The first-order valence-corrected chi connectivity index (χ1v) is 9.53. The van der Waals surface area contributed by atoms with Crippen molar-refractivity contribution in [3.63, 3.8) is 0 Å². The van der Waals surface area contributed by atoms with Gasteiger partial charge < -0.3 is 10.2 Å². The summed E-state index contributed by atoms with van der Waals surface area (Å²) in [5.41, 5.74) is 2.05. The molecule has 2 aliphatic rings. The third kappa shape index (κ3) is 3.38. The fourth-order valence-electron chi connectivity index (χ4n) is 3.27. The summed E-state index contributed by atoms with van der Waals surface area (Å²) >= 11 is 7.27. The van der Waals surface area contributed by atoms with Crippen LogP contribution in [-0.4, -0.2) is 28.5 Å². The van der Waals surface area contributed by atoms with Gasteiger partial charge in [-0.05, 0) is 30.2 Å². The number of hydrogen-bond acceptors (Lipinski definition) is 5. The van der Waals surface area contributed by atoms with Crippen molar-refractivity contribution in [1.82, 2.24) is 0 Å². The maximum Gasteiger partial charge on any atom is 0.271 e. The Morgan fingerprint density at radius 3 is 2.93 bits per heavy atom. The first kappa shape index (κ1) is 17.8. The van der Waals surface area contributed by atoms with E-state index in [1.54, 1.807) is 18.2 Å². The molecule has 2 aliphatic heterocycles. The van der Waals surface area contributed by atoms with Gasteiger partial charge in [0.25, 0.3) is 5.69 Å². The Morgan fingerprint density at radius 2 is 2.15 bits per heavy atom. The van der Waals surface area contributed by atoms with Gasteiger partial charge in [-0.2, -0.15) is 0 Å². The molecule has 1 N–H and O–H groups in total. The molecular formula is C18H14ClN3O4S. The van der Waals surface area contributed by atoms with Crippen LogP contribution in [0.1, 0.15) is 12.0 Å². The molecule has 27 heavy (non-hydrogen) atoms. The van der Waals surface area contributed by atoms with E-state index in [2.05, 4.69) is 5.32 Å². The number of fused-ring (bicyclic) bond motifs is 2. The minimum atomic E-state index is -0.561. The van der Waals surface area contributed by atoms with Crippen molar-refractivity contribution in [1.29, 1.82) is 0 Å². The molecule has 0 saturated carbocycles. The molecule has 0 radical (unpaired) electrons. The number of non-ortho nitro benzene ring substituents is 1. The van der Waals surface area contributed by atoms with Crippen LogP contribution in [0.25, 0.3) is 0 Å². The molecule has 0 saturated heterocycles. The predicted molar refractivity (Wildman–Crippen MR) is 103 cm³/mol. The summed E-state index contributed by atoms with van der Waals surface area (Å²) in [4.78, 5) is 38.1. The van der Waals surface area contributed by atoms with E-state index in [9.17, 15) is 19.7 Å². The number of nitrogens with zero attached hydrogens (tertiary/aromatic N) is 2. The highest BCUT2D eigenvalue weighted by molar-refractivity contribution is 8.01. The SMILES string of the molecule is O=C1Nc2cc(Cl)ccc2SC1CC(=O)N1CCc2ccc([N+](=O)[O-])cc21. The lowest BCUT2D eigenvalue weighted by Gasteiger charge is -2.25. The number of hydrogen-bond donors (Lipinski definition) is 1. The third-order valence-electron chi connectivity index (χ3n) is 4.60. The molecule has 7 nitrogen and oxygen atoms in total. The summed E-state index contributed by atoms with van der Waals surface area (Å²) in [6.07, 6.45) is 0.658. The van der Waals surface area contributed by atoms with Crippen molar-refractivity contribution in [2.45, 2.75) is 23.0 Å². The van der Waals surface area contributed by atoms with Crippen LogP contribution in [0, 0.1) is 10.1 Å². The zero-order valence-electron chi connectivity index (χ0n) is 14.0. The monoisotopic (exact) mass is 403 g/mol. The second-order valence-electron chi connectivity index (χ2n) is 6.31. The number of nitrogens with one attached hydrogen (secondary N) is 1. The third-order valence-corrected chi connectivity index (χ3v) is 6.11. The number of rotatable bonds is 3. The number of carbonyl (C=O) groups excluding carboxylic acids is 2. The van der Waals surface area contributed by atoms with Crippen molar-refractivity contribution in [2.24, 2.45) is 0 Å². The van der Waals surface area contributed by atoms with Crippen molar-refractivity contribution in [3.8, 4) is 0 Å². The number of nitro benzene ring substituents is 1. The van der Waals surface area contributed by atoms with Crippen LogP contribution < -0.4 is 10.2 Å². The van der Waals surface area contributed by atoms with Gasteiger partial charge in [-0.25, -0.2) is 0 Å². The second-order valence-corrected chi connectivity index (χ2v) is 7.99. The first-order valence-electron chi connectivity index (χ1n) is 8.27. The van der Waals surface area contributed by atoms with Crippen molar-refractivity contribution < 1.29 is 14.5 Å². The summed E-state index contributed by atoms with van der Waals surface area (Å²) in [7, 11) is 0. The Balaban J connectivity index is 1.53. The minimum absolute atomic E-state index is 0.0146. The molecule has 1 unspecified atom stereocenters. The van der Waals surface area contributed by atoms with E-state index in [0.29, 0.717) is 29.4 Å². The molecule has 0 bridgehead atoms. The average Bonchev–Trinajstić information content (AvgIpc) is 3.05. The zero-order chi connectivity index (χ0) is 19.1. The summed E-state index contributed by atoms with van der Waals surface area (Å²) in [6.45, 7) is 0.459. The molecule has 138 valence electrons. The Morgan fingerprint density at radius 1 is 1.33 bits per heavy atom. The van der Waals surface area contributed by atoms with Gasteiger partial charge in [0.1, 0.15) is 0 Å². The molecule has 0 aromatic heterocycles. The second kappa shape index (κ2) is 6.86. The van der Waals surface area contributed by atoms with Crippen LogP contribution in [0.3, 0.4) is 0 Å². The molecular weight excluding hydrogens is 390 g/mol. The van der Waals surface area contributed by atoms with Crippen LogP contribution in [0.15, 0.2) is 41.3 Å². The highest BCUT2D eigenvalue weighted by Crippen LogP contribution is 2.39. The van der Waals surface area contributed by atoms with Crippen LogP contribution >= 0.6 is 23.4 Å². The molecule has 4 rings (SSSR count). The van der Waals surface area contributed by atoms with Crippen LogP contribution in [0.2, 0.25) is 5.02 Å². The van der Waals surface area contributed by atoms with Gasteiger partial charge in [0.2, 0.25) is 11.8 Å². The van der Waals surface area contributed by atoms with E-state index < -0.39 is 10.2 Å². The van der Waals surface area contributed by atoms with Gasteiger partial charge in [0.15, 0.2) is 0 Å². The fourth-order valence-corrected chi connectivity index (χ4v) is 4.52. The summed E-state index contributed by atoms with van der Waals surface area (Å²) in [5.74, 6) is -0.471. The molecule has 2 heterocycles. The van der Waals surface area contributed by atoms with Gasteiger partial charge in [-0.1, -0.05) is 17.7 Å². The summed E-state index contributed by atoms with van der Waals surface area (Å²) < 4.78 is 0. The van der Waals surface area contributed by atoms with E-state index in [4.69, 9.17) is 11.6 Å². The maximum absolute atomic E-state index is 12.8. The summed E-state index contributed by atoms with van der Waals surface area (Å²) in [6, 6.07) is 9.77. The van der Waals surface area contributed by atoms with Gasteiger partial charge in [0, 0.05) is 35.0 Å². The number of halogens is 1. The van der Waals surface area contributed by atoms with E-state index >= 15 is 0 Å². The zero-order valence-corrected chi connectivity index (χ0v) is 15.5. The van der Waals surface area contributed by atoms with Gasteiger partial charge in [0.05, 0.1) is 21.5 Å². The predicted octanol–water partition coefficient (Wildman–Crippen LogP) is 3.64.